The first-order valence-electron chi connectivity index (χ1n) is 8.30. The highest BCUT2D eigenvalue weighted by Crippen LogP contribution is 2.25. The molecule has 138 valence electrons. The number of methoxy groups -OCH3 is 2. The van der Waals surface area contributed by atoms with Gasteiger partial charge in [-0.05, 0) is 35.7 Å². The smallest absolute Gasteiger partial charge is 0.326 e. The lowest BCUT2D eigenvalue weighted by atomic mass is 10.0. The van der Waals surface area contributed by atoms with E-state index in [1.807, 2.05) is 36.4 Å². The predicted molar refractivity (Wildman–Crippen MR) is 97.6 cm³/mol. The molecule has 0 heterocycles. The lowest BCUT2D eigenvalue weighted by molar-refractivity contribution is -0.141. The van der Waals surface area contributed by atoms with Gasteiger partial charge in [0.2, 0.25) is 5.91 Å². The Morgan fingerprint density at radius 2 is 1.81 bits per heavy atom. The van der Waals surface area contributed by atoms with Crippen LogP contribution in [-0.2, 0) is 22.4 Å². The van der Waals surface area contributed by atoms with E-state index in [1.54, 1.807) is 26.4 Å². The Bertz CT molecular complexity index is 745. The van der Waals surface area contributed by atoms with Gasteiger partial charge in [-0.15, -0.1) is 0 Å². The van der Waals surface area contributed by atoms with Crippen LogP contribution in [0.2, 0.25) is 0 Å². The molecule has 2 rings (SSSR count). The van der Waals surface area contributed by atoms with Crippen LogP contribution in [-0.4, -0.2) is 37.2 Å². The standard InChI is InChI=1S/C20H23NO5/c1-25-16-9-10-18(26-2)15(13-16)8-11-19(22)21-17(20(23)24)12-14-6-4-3-5-7-14/h3-7,9-10,13,17H,8,11-12H2,1-2H3,(H,21,22)(H,23,24)/t17-/m0/s1. The average Bonchev–Trinajstić information content (AvgIpc) is 2.66. The third kappa shape index (κ3) is 5.51. The van der Waals surface area contributed by atoms with Crippen molar-refractivity contribution in [3.63, 3.8) is 0 Å². The van der Waals surface area contributed by atoms with Crippen molar-refractivity contribution in [3.05, 3.63) is 59.7 Å². The first kappa shape index (κ1) is 19.3. The Morgan fingerprint density at radius 3 is 2.42 bits per heavy atom. The van der Waals surface area contributed by atoms with Crippen molar-refractivity contribution in [1.82, 2.24) is 5.32 Å². The molecule has 2 N–H and O–H groups in total. The third-order valence-electron chi connectivity index (χ3n) is 4.02. The van der Waals surface area contributed by atoms with Gasteiger partial charge in [-0.3, -0.25) is 4.79 Å². The number of amides is 1. The normalized spacial score (nSPS) is 11.5. The Morgan fingerprint density at radius 1 is 1.08 bits per heavy atom. The van der Waals surface area contributed by atoms with Crippen molar-refractivity contribution in [1.29, 1.82) is 0 Å². The van der Waals surface area contributed by atoms with Gasteiger partial charge < -0.3 is 19.9 Å². The highest BCUT2D eigenvalue weighted by molar-refractivity contribution is 5.83. The zero-order valence-corrected chi connectivity index (χ0v) is 14.9. The number of rotatable bonds is 9. The summed E-state index contributed by atoms with van der Waals surface area (Å²) in [6.07, 6.45) is 0.816. The van der Waals surface area contributed by atoms with E-state index in [9.17, 15) is 14.7 Å². The molecule has 1 atom stereocenters. The summed E-state index contributed by atoms with van der Waals surface area (Å²) in [5.41, 5.74) is 1.69. The van der Waals surface area contributed by atoms with E-state index in [2.05, 4.69) is 5.32 Å². The summed E-state index contributed by atoms with van der Waals surface area (Å²) in [5, 5.41) is 12.0. The Hall–Kier alpha value is -3.02. The minimum absolute atomic E-state index is 0.155. The zero-order chi connectivity index (χ0) is 18.9. The number of ether oxygens (including phenoxy) is 2. The van der Waals surface area contributed by atoms with Crippen LogP contribution >= 0.6 is 0 Å². The summed E-state index contributed by atoms with van der Waals surface area (Å²) >= 11 is 0. The van der Waals surface area contributed by atoms with E-state index in [0.29, 0.717) is 17.9 Å². The number of carboxylic acid groups (broad SMARTS) is 1. The van der Waals surface area contributed by atoms with Crippen LogP contribution in [0.15, 0.2) is 48.5 Å². The second-order valence-electron chi connectivity index (χ2n) is 5.83. The molecule has 26 heavy (non-hydrogen) atoms. The van der Waals surface area contributed by atoms with E-state index in [-0.39, 0.29) is 18.7 Å². The molecule has 0 spiro atoms. The molecule has 0 bridgehead atoms. The molecule has 0 aliphatic heterocycles. The predicted octanol–water partition coefficient (Wildman–Crippen LogP) is 2.45. The van der Waals surface area contributed by atoms with Crippen LogP contribution < -0.4 is 14.8 Å². The SMILES string of the molecule is COc1ccc(OC)c(CCC(=O)N[C@@H](Cc2ccccc2)C(=O)O)c1. The van der Waals surface area contributed by atoms with Crippen LogP contribution in [0, 0.1) is 0 Å². The van der Waals surface area contributed by atoms with Crippen LogP contribution in [0.25, 0.3) is 0 Å². The molecule has 2 aromatic carbocycles. The fourth-order valence-electron chi connectivity index (χ4n) is 2.64. The number of aliphatic carboxylic acids is 1. The molecule has 0 aromatic heterocycles. The van der Waals surface area contributed by atoms with Crippen LogP contribution in [0.5, 0.6) is 11.5 Å². The molecule has 0 saturated carbocycles. The summed E-state index contributed by atoms with van der Waals surface area (Å²) in [4.78, 5) is 23.7. The molecular formula is C20H23NO5. The highest BCUT2D eigenvalue weighted by atomic mass is 16.5. The van der Waals surface area contributed by atoms with E-state index in [4.69, 9.17) is 9.47 Å². The summed E-state index contributed by atoms with van der Waals surface area (Å²) in [5.74, 6) is -0.0364. The van der Waals surface area contributed by atoms with Gasteiger partial charge in [0.15, 0.2) is 0 Å². The Balaban J connectivity index is 1.97. The molecule has 0 aliphatic carbocycles. The molecule has 0 radical (unpaired) electrons. The van der Waals surface area contributed by atoms with E-state index in [0.717, 1.165) is 11.1 Å². The van der Waals surface area contributed by atoms with Gasteiger partial charge >= 0.3 is 5.97 Å². The lowest BCUT2D eigenvalue weighted by Crippen LogP contribution is -2.42. The molecule has 2 aromatic rings. The van der Waals surface area contributed by atoms with Gasteiger partial charge in [0.1, 0.15) is 17.5 Å². The molecule has 0 fully saturated rings. The van der Waals surface area contributed by atoms with Gasteiger partial charge in [-0.1, -0.05) is 30.3 Å². The van der Waals surface area contributed by atoms with Crippen molar-refractivity contribution in [2.45, 2.75) is 25.3 Å². The number of hydrogen-bond acceptors (Lipinski definition) is 4. The minimum atomic E-state index is -1.05. The molecule has 0 aliphatic rings. The van der Waals surface area contributed by atoms with E-state index >= 15 is 0 Å². The topological polar surface area (TPSA) is 84.9 Å². The van der Waals surface area contributed by atoms with Gasteiger partial charge in [0.25, 0.3) is 0 Å². The van der Waals surface area contributed by atoms with E-state index in [1.165, 1.54) is 0 Å². The average molecular weight is 357 g/mol. The zero-order valence-electron chi connectivity index (χ0n) is 14.9. The largest absolute Gasteiger partial charge is 0.497 e. The number of aryl methyl sites for hydroxylation is 1. The number of carbonyl (C=O) groups is 2. The summed E-state index contributed by atoms with van der Waals surface area (Å²) in [6.45, 7) is 0. The number of carbonyl (C=O) groups excluding carboxylic acids is 1. The molecule has 0 unspecified atom stereocenters. The Kier molecular flexibility index (Phi) is 7.02. The molecule has 1 amide bonds. The maximum absolute atomic E-state index is 12.2. The maximum atomic E-state index is 12.2. The van der Waals surface area contributed by atoms with Crippen molar-refractivity contribution in [2.75, 3.05) is 14.2 Å². The fraction of sp³-hybridized carbons (Fsp3) is 0.300. The first-order valence-corrected chi connectivity index (χ1v) is 8.30. The van der Waals surface area contributed by atoms with Crippen molar-refractivity contribution < 1.29 is 24.2 Å². The molecule has 6 nitrogen and oxygen atoms in total. The molecular weight excluding hydrogens is 334 g/mol. The van der Waals surface area contributed by atoms with Crippen molar-refractivity contribution >= 4 is 11.9 Å². The number of nitrogens with one attached hydrogen (secondary N) is 1. The van der Waals surface area contributed by atoms with Crippen LogP contribution in [0.4, 0.5) is 0 Å². The van der Waals surface area contributed by atoms with Crippen LogP contribution in [0.1, 0.15) is 17.5 Å². The van der Waals surface area contributed by atoms with Crippen molar-refractivity contribution in [3.8, 4) is 11.5 Å². The maximum Gasteiger partial charge on any atom is 0.326 e. The van der Waals surface area contributed by atoms with Crippen molar-refractivity contribution in [2.24, 2.45) is 0 Å². The number of hydrogen-bond donors (Lipinski definition) is 2. The third-order valence-corrected chi connectivity index (χ3v) is 4.02. The van der Waals surface area contributed by atoms with E-state index < -0.39 is 12.0 Å². The van der Waals surface area contributed by atoms with Gasteiger partial charge in [0, 0.05) is 12.8 Å². The fourth-order valence-corrected chi connectivity index (χ4v) is 2.64. The Labute approximate surface area is 152 Å². The molecule has 0 saturated heterocycles. The monoisotopic (exact) mass is 357 g/mol. The summed E-state index contributed by atoms with van der Waals surface area (Å²) < 4.78 is 10.5. The molecule has 6 heteroatoms. The van der Waals surface area contributed by atoms with Gasteiger partial charge in [-0.25, -0.2) is 4.79 Å². The quantitative estimate of drug-likeness (QED) is 0.720. The van der Waals surface area contributed by atoms with Gasteiger partial charge in [-0.2, -0.15) is 0 Å². The lowest BCUT2D eigenvalue weighted by Gasteiger charge is -2.15. The summed E-state index contributed by atoms with van der Waals surface area (Å²) in [6, 6.07) is 13.6. The summed E-state index contributed by atoms with van der Waals surface area (Å²) in [7, 11) is 3.13. The van der Waals surface area contributed by atoms with Gasteiger partial charge in [0.05, 0.1) is 14.2 Å². The number of carboxylic acids is 1. The minimum Gasteiger partial charge on any atom is -0.497 e. The second kappa shape index (κ2) is 9.46. The second-order valence-corrected chi connectivity index (χ2v) is 5.83. The van der Waals surface area contributed by atoms with Crippen LogP contribution in [0.3, 0.4) is 0 Å². The number of benzene rings is 2. The highest BCUT2D eigenvalue weighted by Gasteiger charge is 2.20. The first-order chi connectivity index (χ1) is 12.5.